The first-order valence-corrected chi connectivity index (χ1v) is 7.44. The third kappa shape index (κ3) is 3.48. The summed E-state index contributed by atoms with van der Waals surface area (Å²) in [5.41, 5.74) is 2.85. The van der Waals surface area contributed by atoms with Crippen molar-refractivity contribution < 1.29 is 9.90 Å². The molecule has 21 heavy (non-hydrogen) atoms. The zero-order valence-electron chi connectivity index (χ0n) is 12.5. The molecule has 1 N–H and O–H groups in total. The number of carboxylic acids is 1. The van der Waals surface area contributed by atoms with Crippen molar-refractivity contribution in [2.45, 2.75) is 46.0 Å². The molecule has 2 rings (SSSR count). The maximum Gasteiger partial charge on any atom is 0.358 e. The maximum absolute atomic E-state index is 11.2. The molecule has 0 saturated heterocycles. The number of aromatic nitrogens is 3. The lowest BCUT2D eigenvalue weighted by atomic mass is 10.1. The molecular weight excluding hydrogens is 266 g/mol. The molecule has 0 aliphatic rings. The third-order valence-corrected chi connectivity index (χ3v) is 3.45. The number of carbonyl (C=O) groups is 1. The molecule has 112 valence electrons. The van der Waals surface area contributed by atoms with E-state index in [9.17, 15) is 9.90 Å². The molecule has 5 heteroatoms. The molecule has 0 saturated carbocycles. The fraction of sp³-hybridized carbons (Fsp3) is 0.438. The second kappa shape index (κ2) is 7.02. The van der Waals surface area contributed by atoms with Gasteiger partial charge in [-0.2, -0.15) is 0 Å². The molecule has 5 nitrogen and oxygen atoms in total. The van der Waals surface area contributed by atoms with Crippen molar-refractivity contribution in [3.8, 4) is 5.69 Å². The van der Waals surface area contributed by atoms with E-state index in [1.165, 1.54) is 18.4 Å². The van der Waals surface area contributed by atoms with E-state index < -0.39 is 5.97 Å². The van der Waals surface area contributed by atoms with Gasteiger partial charge in [0.15, 0.2) is 5.69 Å². The molecule has 0 spiro atoms. The van der Waals surface area contributed by atoms with Gasteiger partial charge in [-0.15, -0.1) is 5.10 Å². The molecule has 1 heterocycles. The third-order valence-electron chi connectivity index (χ3n) is 3.45. The van der Waals surface area contributed by atoms with Crippen molar-refractivity contribution in [2.75, 3.05) is 0 Å². The first kappa shape index (κ1) is 15.2. The summed E-state index contributed by atoms with van der Waals surface area (Å²) in [5, 5.41) is 17.0. The average Bonchev–Trinajstić information content (AvgIpc) is 2.90. The predicted octanol–water partition coefficient (Wildman–Crippen LogP) is 3.26. The van der Waals surface area contributed by atoms with Crippen molar-refractivity contribution >= 4 is 5.97 Å². The number of hydrogen-bond acceptors (Lipinski definition) is 3. The van der Waals surface area contributed by atoms with Gasteiger partial charge in [0.25, 0.3) is 0 Å². The SMILES string of the molecule is CCCCc1ccc(-n2nnc(C(=O)O)c2CCC)cc1. The highest BCUT2D eigenvalue weighted by Gasteiger charge is 2.18. The Kier molecular flexibility index (Phi) is 5.09. The predicted molar refractivity (Wildman–Crippen MR) is 80.9 cm³/mol. The fourth-order valence-electron chi connectivity index (χ4n) is 2.32. The molecule has 0 unspecified atom stereocenters. The molecule has 0 amide bonds. The molecule has 2 aromatic rings. The first-order valence-electron chi connectivity index (χ1n) is 7.44. The van der Waals surface area contributed by atoms with Crippen LogP contribution in [0.3, 0.4) is 0 Å². The van der Waals surface area contributed by atoms with Gasteiger partial charge < -0.3 is 5.11 Å². The van der Waals surface area contributed by atoms with E-state index in [0.717, 1.165) is 18.5 Å². The van der Waals surface area contributed by atoms with Crippen LogP contribution in [0.1, 0.15) is 54.9 Å². The Morgan fingerprint density at radius 2 is 1.86 bits per heavy atom. The van der Waals surface area contributed by atoms with Crippen molar-refractivity contribution in [1.29, 1.82) is 0 Å². The highest BCUT2D eigenvalue weighted by atomic mass is 16.4. The van der Waals surface area contributed by atoms with Crippen molar-refractivity contribution in [2.24, 2.45) is 0 Å². The van der Waals surface area contributed by atoms with Gasteiger partial charge in [-0.1, -0.05) is 44.0 Å². The smallest absolute Gasteiger partial charge is 0.358 e. The van der Waals surface area contributed by atoms with Gasteiger partial charge in [-0.3, -0.25) is 0 Å². The zero-order chi connectivity index (χ0) is 15.2. The molecule has 1 aromatic heterocycles. The number of hydrogen-bond donors (Lipinski definition) is 1. The van der Waals surface area contributed by atoms with E-state index in [1.54, 1.807) is 4.68 Å². The lowest BCUT2D eigenvalue weighted by Crippen LogP contribution is -2.06. The molecule has 0 aliphatic carbocycles. The topological polar surface area (TPSA) is 68.0 Å². The summed E-state index contributed by atoms with van der Waals surface area (Å²) in [6, 6.07) is 8.10. The summed E-state index contributed by atoms with van der Waals surface area (Å²) in [7, 11) is 0. The van der Waals surface area contributed by atoms with Gasteiger partial charge in [0.05, 0.1) is 11.4 Å². The first-order chi connectivity index (χ1) is 10.2. The lowest BCUT2D eigenvalue weighted by molar-refractivity contribution is 0.0689. The summed E-state index contributed by atoms with van der Waals surface area (Å²) in [4.78, 5) is 11.2. The van der Waals surface area contributed by atoms with Crippen LogP contribution in [0.4, 0.5) is 0 Å². The summed E-state index contributed by atoms with van der Waals surface area (Å²) >= 11 is 0. The minimum Gasteiger partial charge on any atom is -0.476 e. The minimum absolute atomic E-state index is 0.0481. The van der Waals surface area contributed by atoms with E-state index in [0.29, 0.717) is 12.1 Å². The van der Waals surface area contributed by atoms with Gasteiger partial charge in [0, 0.05) is 0 Å². The normalized spacial score (nSPS) is 10.8. The van der Waals surface area contributed by atoms with Gasteiger partial charge in [0.2, 0.25) is 0 Å². The monoisotopic (exact) mass is 287 g/mol. The van der Waals surface area contributed by atoms with Crippen molar-refractivity contribution in [3.63, 3.8) is 0 Å². The Morgan fingerprint density at radius 3 is 2.43 bits per heavy atom. The standard InChI is InChI=1S/C16H21N3O2/c1-3-5-7-12-8-10-13(11-9-12)19-14(6-4-2)15(16(20)21)17-18-19/h8-11H,3-7H2,1-2H3,(H,20,21). The van der Waals surface area contributed by atoms with E-state index in [4.69, 9.17) is 0 Å². The molecule has 0 aliphatic heterocycles. The van der Waals surface area contributed by atoms with Gasteiger partial charge in [0.1, 0.15) is 0 Å². The Bertz CT molecular complexity index is 602. The van der Waals surface area contributed by atoms with Crippen LogP contribution in [0.15, 0.2) is 24.3 Å². The van der Waals surface area contributed by atoms with Gasteiger partial charge in [-0.05, 0) is 37.0 Å². The highest BCUT2D eigenvalue weighted by molar-refractivity contribution is 5.86. The second-order valence-corrected chi connectivity index (χ2v) is 5.12. The largest absolute Gasteiger partial charge is 0.476 e. The Labute approximate surface area is 124 Å². The van der Waals surface area contributed by atoms with Crippen LogP contribution in [-0.2, 0) is 12.8 Å². The number of aromatic carboxylic acids is 1. The van der Waals surface area contributed by atoms with E-state index in [-0.39, 0.29) is 5.69 Å². The number of benzene rings is 1. The Morgan fingerprint density at radius 1 is 1.14 bits per heavy atom. The molecule has 0 radical (unpaired) electrons. The molecule has 0 atom stereocenters. The van der Waals surface area contributed by atoms with Crippen molar-refractivity contribution in [1.82, 2.24) is 15.0 Å². The Hall–Kier alpha value is -2.17. The van der Waals surface area contributed by atoms with Crippen LogP contribution in [0.25, 0.3) is 5.69 Å². The van der Waals surface area contributed by atoms with Crippen LogP contribution in [0.5, 0.6) is 0 Å². The number of unbranched alkanes of at least 4 members (excludes halogenated alkanes) is 1. The number of rotatable bonds is 7. The second-order valence-electron chi connectivity index (χ2n) is 5.12. The number of aryl methyl sites for hydroxylation is 1. The molecule has 0 bridgehead atoms. The summed E-state index contributed by atoms with van der Waals surface area (Å²) in [5.74, 6) is -1.02. The molecule has 0 fully saturated rings. The number of nitrogens with zero attached hydrogens (tertiary/aromatic N) is 3. The van der Waals surface area contributed by atoms with Crippen LogP contribution in [0.2, 0.25) is 0 Å². The highest BCUT2D eigenvalue weighted by Crippen LogP contribution is 2.16. The van der Waals surface area contributed by atoms with Crippen molar-refractivity contribution in [3.05, 3.63) is 41.2 Å². The number of carboxylic acid groups (broad SMARTS) is 1. The van der Waals surface area contributed by atoms with Crippen LogP contribution >= 0.6 is 0 Å². The summed E-state index contributed by atoms with van der Waals surface area (Å²) in [6.45, 7) is 4.19. The maximum atomic E-state index is 11.2. The fourth-order valence-corrected chi connectivity index (χ4v) is 2.32. The lowest BCUT2D eigenvalue weighted by Gasteiger charge is -2.07. The average molecular weight is 287 g/mol. The Balaban J connectivity index is 2.30. The van der Waals surface area contributed by atoms with E-state index in [1.807, 2.05) is 19.1 Å². The minimum atomic E-state index is -1.02. The van der Waals surface area contributed by atoms with Gasteiger partial charge in [-0.25, -0.2) is 9.48 Å². The summed E-state index contributed by atoms with van der Waals surface area (Å²) in [6.07, 6.45) is 4.91. The quantitative estimate of drug-likeness (QED) is 0.848. The van der Waals surface area contributed by atoms with Crippen LogP contribution in [-0.4, -0.2) is 26.1 Å². The van der Waals surface area contributed by atoms with Gasteiger partial charge >= 0.3 is 5.97 Å². The zero-order valence-corrected chi connectivity index (χ0v) is 12.5. The van der Waals surface area contributed by atoms with E-state index in [2.05, 4.69) is 29.4 Å². The van der Waals surface area contributed by atoms with E-state index >= 15 is 0 Å². The molecular formula is C16H21N3O2. The van der Waals surface area contributed by atoms with Crippen LogP contribution in [0, 0.1) is 0 Å². The summed E-state index contributed by atoms with van der Waals surface area (Å²) < 4.78 is 1.64. The molecule has 1 aromatic carbocycles. The van der Waals surface area contributed by atoms with Crippen LogP contribution < -0.4 is 0 Å².